The van der Waals surface area contributed by atoms with Crippen LogP contribution in [-0.2, 0) is 0 Å². The van der Waals surface area contributed by atoms with E-state index in [0.717, 1.165) is 12.8 Å². The fraction of sp³-hybridized carbons (Fsp3) is 0.533. The van der Waals surface area contributed by atoms with Crippen molar-refractivity contribution in [3.63, 3.8) is 0 Å². The van der Waals surface area contributed by atoms with Gasteiger partial charge < -0.3 is 10.6 Å². The van der Waals surface area contributed by atoms with Crippen LogP contribution in [0.15, 0.2) is 18.2 Å². The Morgan fingerprint density at radius 3 is 2.65 bits per heavy atom. The molecule has 3 atom stereocenters. The van der Waals surface area contributed by atoms with Crippen molar-refractivity contribution < 1.29 is 9.18 Å². The molecular formula is C15H18ClFN2O. The molecule has 2 fully saturated rings. The molecule has 5 heteroatoms. The van der Waals surface area contributed by atoms with E-state index in [0.29, 0.717) is 24.5 Å². The number of halogens is 2. The summed E-state index contributed by atoms with van der Waals surface area (Å²) in [6, 6.07) is 5.13. The third kappa shape index (κ3) is 3.13. The quantitative estimate of drug-likeness (QED) is 0.900. The summed E-state index contributed by atoms with van der Waals surface area (Å²) in [4.78, 5) is 12.0. The summed E-state index contributed by atoms with van der Waals surface area (Å²) in [6.45, 7) is 0.654. The lowest BCUT2D eigenvalue weighted by Gasteiger charge is -2.29. The highest BCUT2D eigenvalue weighted by Gasteiger charge is 2.33. The fourth-order valence-electron chi connectivity index (χ4n) is 3.37. The Balaban J connectivity index is 1.56. The van der Waals surface area contributed by atoms with Crippen molar-refractivity contribution >= 4 is 17.5 Å². The molecule has 1 aromatic rings. The van der Waals surface area contributed by atoms with E-state index in [1.54, 1.807) is 0 Å². The van der Waals surface area contributed by atoms with Gasteiger partial charge in [-0.25, -0.2) is 4.39 Å². The molecule has 2 aliphatic heterocycles. The average molecular weight is 297 g/mol. The first kappa shape index (κ1) is 13.8. The number of carbonyl (C=O) groups is 1. The van der Waals surface area contributed by atoms with Crippen LogP contribution >= 0.6 is 11.6 Å². The molecule has 0 aliphatic carbocycles. The summed E-state index contributed by atoms with van der Waals surface area (Å²) in [7, 11) is 0. The number of fused-ring (bicyclic) bond motifs is 2. The van der Waals surface area contributed by atoms with E-state index >= 15 is 0 Å². The first-order chi connectivity index (χ1) is 9.60. The van der Waals surface area contributed by atoms with Gasteiger partial charge in [0.1, 0.15) is 5.82 Å². The smallest absolute Gasteiger partial charge is 0.251 e. The van der Waals surface area contributed by atoms with Crippen LogP contribution in [0.2, 0.25) is 5.02 Å². The lowest BCUT2D eigenvalue weighted by atomic mass is 9.92. The highest BCUT2D eigenvalue weighted by Crippen LogP contribution is 2.30. The third-order valence-corrected chi connectivity index (χ3v) is 4.46. The fourth-order valence-corrected chi connectivity index (χ4v) is 3.59. The second kappa shape index (κ2) is 5.70. The van der Waals surface area contributed by atoms with Crippen LogP contribution in [0.4, 0.5) is 4.39 Å². The monoisotopic (exact) mass is 296 g/mol. The van der Waals surface area contributed by atoms with Crippen LogP contribution < -0.4 is 10.6 Å². The van der Waals surface area contributed by atoms with Crippen molar-refractivity contribution in [3.05, 3.63) is 34.6 Å². The van der Waals surface area contributed by atoms with Crippen molar-refractivity contribution in [1.82, 2.24) is 10.6 Å². The molecule has 2 N–H and O–H groups in total. The number of nitrogens with one attached hydrogen (secondary N) is 2. The first-order valence-corrected chi connectivity index (χ1v) is 7.48. The molecule has 0 radical (unpaired) electrons. The molecule has 0 saturated carbocycles. The summed E-state index contributed by atoms with van der Waals surface area (Å²) in [5.41, 5.74) is 0.284. The van der Waals surface area contributed by atoms with Crippen LogP contribution in [0.3, 0.4) is 0 Å². The second-order valence-corrected chi connectivity index (χ2v) is 6.28. The van der Waals surface area contributed by atoms with Crippen molar-refractivity contribution in [2.24, 2.45) is 5.92 Å². The molecule has 2 heterocycles. The van der Waals surface area contributed by atoms with Gasteiger partial charge in [-0.05, 0) is 49.8 Å². The maximum atomic E-state index is 13.2. The van der Waals surface area contributed by atoms with Crippen LogP contribution in [0.5, 0.6) is 0 Å². The predicted molar refractivity (Wildman–Crippen MR) is 76.4 cm³/mol. The molecule has 20 heavy (non-hydrogen) atoms. The predicted octanol–water partition coefficient (Wildman–Crippen LogP) is 2.74. The molecule has 3 rings (SSSR count). The Labute approximate surface area is 122 Å². The zero-order chi connectivity index (χ0) is 14.1. The molecule has 2 saturated heterocycles. The average Bonchev–Trinajstić information content (AvgIpc) is 2.74. The van der Waals surface area contributed by atoms with Crippen LogP contribution in [0.1, 0.15) is 36.0 Å². The summed E-state index contributed by atoms with van der Waals surface area (Å²) in [5, 5.41) is 6.72. The number of carbonyl (C=O) groups excluding carboxylic acids is 1. The number of rotatable bonds is 3. The van der Waals surface area contributed by atoms with Crippen LogP contribution in [0.25, 0.3) is 0 Å². The van der Waals surface area contributed by atoms with Crippen LogP contribution in [0, 0.1) is 11.7 Å². The maximum Gasteiger partial charge on any atom is 0.251 e. The zero-order valence-corrected chi connectivity index (χ0v) is 11.9. The van der Waals surface area contributed by atoms with Crippen LogP contribution in [-0.4, -0.2) is 24.5 Å². The van der Waals surface area contributed by atoms with Gasteiger partial charge >= 0.3 is 0 Å². The van der Waals surface area contributed by atoms with E-state index in [9.17, 15) is 9.18 Å². The highest BCUT2D eigenvalue weighted by molar-refractivity contribution is 6.31. The third-order valence-electron chi connectivity index (χ3n) is 4.25. The number of hydrogen-bond donors (Lipinski definition) is 2. The molecule has 0 spiro atoms. The van der Waals surface area contributed by atoms with Gasteiger partial charge in [0, 0.05) is 29.2 Å². The van der Waals surface area contributed by atoms with E-state index in [1.165, 1.54) is 31.0 Å². The van der Waals surface area contributed by atoms with Gasteiger partial charge in [-0.3, -0.25) is 4.79 Å². The van der Waals surface area contributed by atoms with Crippen molar-refractivity contribution in [2.45, 2.75) is 37.8 Å². The molecule has 2 aliphatic rings. The second-order valence-electron chi connectivity index (χ2n) is 5.84. The summed E-state index contributed by atoms with van der Waals surface area (Å²) < 4.78 is 13.2. The molecule has 3 nitrogen and oxygen atoms in total. The standard InChI is InChI=1S/C15H18ClFN2O/c16-11-5-10(6-12(17)7-11)15(20)18-8-9-3-13-1-2-14(4-9)19-13/h5-7,9,13-14,19H,1-4,8H2,(H,18,20)/t9-,13-,14+. The SMILES string of the molecule is O=C(NC[C@@H]1C[C@H]2CC[C@@H](C1)N2)c1cc(F)cc(Cl)c1. The summed E-state index contributed by atoms with van der Waals surface area (Å²) in [6.07, 6.45) is 4.71. The Kier molecular flexibility index (Phi) is 3.94. The lowest BCUT2D eigenvalue weighted by molar-refractivity contribution is 0.0941. The number of hydrogen-bond acceptors (Lipinski definition) is 2. The van der Waals surface area contributed by atoms with Crippen molar-refractivity contribution in [1.29, 1.82) is 0 Å². The molecule has 108 valence electrons. The maximum absolute atomic E-state index is 13.2. The minimum Gasteiger partial charge on any atom is -0.352 e. The highest BCUT2D eigenvalue weighted by atomic mass is 35.5. The zero-order valence-electron chi connectivity index (χ0n) is 11.2. The van der Waals surface area contributed by atoms with E-state index < -0.39 is 5.82 Å². The van der Waals surface area contributed by atoms with Gasteiger partial charge in [-0.2, -0.15) is 0 Å². The molecule has 2 bridgehead atoms. The summed E-state index contributed by atoms with van der Waals surface area (Å²) in [5.74, 6) is -0.221. The number of amides is 1. The van der Waals surface area contributed by atoms with E-state index in [-0.39, 0.29) is 16.5 Å². The molecular weight excluding hydrogens is 279 g/mol. The van der Waals surface area contributed by atoms with Gasteiger partial charge in [-0.15, -0.1) is 0 Å². The molecule has 1 amide bonds. The van der Waals surface area contributed by atoms with E-state index in [1.807, 2.05) is 0 Å². The Bertz CT molecular complexity index is 490. The van der Waals surface area contributed by atoms with Gasteiger partial charge in [0.05, 0.1) is 0 Å². The minimum atomic E-state index is -0.484. The van der Waals surface area contributed by atoms with E-state index in [2.05, 4.69) is 10.6 Å². The first-order valence-electron chi connectivity index (χ1n) is 7.10. The Morgan fingerprint density at radius 1 is 1.30 bits per heavy atom. The number of benzene rings is 1. The minimum absolute atomic E-state index is 0.245. The van der Waals surface area contributed by atoms with E-state index in [4.69, 9.17) is 11.6 Å². The topological polar surface area (TPSA) is 41.1 Å². The summed E-state index contributed by atoms with van der Waals surface area (Å²) >= 11 is 5.76. The van der Waals surface area contributed by atoms with Gasteiger partial charge in [0.15, 0.2) is 0 Å². The Hall–Kier alpha value is -1.13. The lowest BCUT2D eigenvalue weighted by Crippen LogP contribution is -2.42. The molecule has 1 aromatic carbocycles. The van der Waals surface area contributed by atoms with Gasteiger partial charge in [0.25, 0.3) is 5.91 Å². The van der Waals surface area contributed by atoms with Crippen molar-refractivity contribution in [3.8, 4) is 0 Å². The van der Waals surface area contributed by atoms with Gasteiger partial charge in [0.2, 0.25) is 0 Å². The normalized spacial score (nSPS) is 28.4. The molecule has 0 unspecified atom stereocenters. The Morgan fingerprint density at radius 2 is 2.00 bits per heavy atom. The van der Waals surface area contributed by atoms with Gasteiger partial charge in [-0.1, -0.05) is 11.6 Å². The van der Waals surface area contributed by atoms with Crippen molar-refractivity contribution in [2.75, 3.05) is 6.54 Å². The largest absolute Gasteiger partial charge is 0.352 e. The molecule has 0 aromatic heterocycles. The number of piperidine rings is 1.